The molecule has 0 aliphatic carbocycles. The van der Waals surface area contributed by atoms with Gasteiger partial charge in [0.15, 0.2) is 11.5 Å². The Labute approximate surface area is 120 Å². The standard InChI is InChI=1S/C14H12ClFN2O2/c1-2-7-3-5-8(6-4-7)12-10(16)11(17)9(15)13(18-12)14(19)20/h3-6H,2H2,1H3,(H2,17,18)(H,19,20). The van der Waals surface area contributed by atoms with Gasteiger partial charge in [0, 0.05) is 5.56 Å². The lowest BCUT2D eigenvalue weighted by Crippen LogP contribution is -2.08. The van der Waals surface area contributed by atoms with Gasteiger partial charge in [0.25, 0.3) is 0 Å². The Hall–Kier alpha value is -2.14. The van der Waals surface area contributed by atoms with E-state index < -0.39 is 23.2 Å². The van der Waals surface area contributed by atoms with E-state index in [1.54, 1.807) is 12.1 Å². The third-order valence-corrected chi connectivity index (χ3v) is 3.33. The minimum atomic E-state index is -1.35. The number of rotatable bonds is 3. The maximum absolute atomic E-state index is 14.1. The van der Waals surface area contributed by atoms with Crippen LogP contribution < -0.4 is 5.73 Å². The van der Waals surface area contributed by atoms with E-state index in [4.69, 9.17) is 22.4 Å². The number of nitrogen functional groups attached to an aromatic ring is 1. The molecule has 0 aliphatic rings. The van der Waals surface area contributed by atoms with Gasteiger partial charge < -0.3 is 10.8 Å². The molecule has 4 nitrogen and oxygen atoms in total. The molecule has 0 radical (unpaired) electrons. The summed E-state index contributed by atoms with van der Waals surface area (Å²) in [5.74, 6) is -2.17. The summed E-state index contributed by atoms with van der Waals surface area (Å²) in [6, 6.07) is 6.98. The fraction of sp³-hybridized carbons (Fsp3) is 0.143. The number of hydrogen-bond donors (Lipinski definition) is 2. The molecule has 0 aliphatic heterocycles. The highest BCUT2D eigenvalue weighted by Gasteiger charge is 2.21. The van der Waals surface area contributed by atoms with Crippen LogP contribution in [0.5, 0.6) is 0 Å². The number of carbonyl (C=O) groups is 1. The summed E-state index contributed by atoms with van der Waals surface area (Å²) in [5, 5.41) is 8.62. The van der Waals surface area contributed by atoms with E-state index in [9.17, 15) is 9.18 Å². The molecule has 2 aromatic rings. The van der Waals surface area contributed by atoms with Crippen molar-refractivity contribution in [2.75, 3.05) is 5.73 Å². The molecule has 1 aromatic heterocycles. The smallest absolute Gasteiger partial charge is 0.356 e. The lowest BCUT2D eigenvalue weighted by atomic mass is 10.1. The second kappa shape index (κ2) is 5.46. The van der Waals surface area contributed by atoms with Crippen LogP contribution in [-0.2, 0) is 6.42 Å². The molecule has 0 atom stereocenters. The zero-order chi connectivity index (χ0) is 14.9. The zero-order valence-corrected chi connectivity index (χ0v) is 11.4. The van der Waals surface area contributed by atoms with E-state index in [0.717, 1.165) is 12.0 Å². The highest BCUT2D eigenvalue weighted by Crippen LogP contribution is 2.32. The van der Waals surface area contributed by atoms with Gasteiger partial charge in [0.2, 0.25) is 0 Å². The van der Waals surface area contributed by atoms with Gasteiger partial charge in [0.1, 0.15) is 5.69 Å². The first-order valence-corrected chi connectivity index (χ1v) is 6.30. The van der Waals surface area contributed by atoms with Gasteiger partial charge in [-0.05, 0) is 12.0 Å². The normalized spacial score (nSPS) is 10.6. The fourth-order valence-electron chi connectivity index (χ4n) is 1.79. The predicted molar refractivity (Wildman–Crippen MR) is 75.4 cm³/mol. The molecule has 0 saturated heterocycles. The first-order chi connectivity index (χ1) is 9.45. The number of nitrogens with two attached hydrogens (primary N) is 1. The molecule has 20 heavy (non-hydrogen) atoms. The van der Waals surface area contributed by atoms with Crippen molar-refractivity contribution in [3.63, 3.8) is 0 Å². The summed E-state index contributed by atoms with van der Waals surface area (Å²) in [6.45, 7) is 2.00. The van der Waals surface area contributed by atoms with E-state index in [1.807, 2.05) is 19.1 Å². The lowest BCUT2D eigenvalue weighted by molar-refractivity contribution is 0.0691. The Morgan fingerprint density at radius 3 is 2.50 bits per heavy atom. The number of aromatic carboxylic acids is 1. The number of pyridine rings is 1. The molecule has 1 heterocycles. The minimum Gasteiger partial charge on any atom is -0.476 e. The van der Waals surface area contributed by atoms with Gasteiger partial charge in [0.05, 0.1) is 10.7 Å². The second-order valence-corrected chi connectivity index (χ2v) is 4.58. The Balaban J connectivity index is 2.63. The van der Waals surface area contributed by atoms with Gasteiger partial charge in [-0.1, -0.05) is 42.8 Å². The topological polar surface area (TPSA) is 76.2 Å². The van der Waals surface area contributed by atoms with Gasteiger partial charge in [-0.15, -0.1) is 0 Å². The molecule has 2 rings (SSSR count). The molecule has 3 N–H and O–H groups in total. The van der Waals surface area contributed by atoms with Crippen LogP contribution in [0.4, 0.5) is 10.1 Å². The number of hydrogen-bond acceptors (Lipinski definition) is 3. The molecule has 1 aromatic carbocycles. The maximum atomic E-state index is 14.1. The Bertz CT molecular complexity index is 672. The van der Waals surface area contributed by atoms with Crippen LogP contribution in [0.25, 0.3) is 11.3 Å². The zero-order valence-electron chi connectivity index (χ0n) is 10.7. The summed E-state index contributed by atoms with van der Waals surface area (Å²) in [6.07, 6.45) is 0.847. The largest absolute Gasteiger partial charge is 0.476 e. The van der Waals surface area contributed by atoms with E-state index in [1.165, 1.54) is 0 Å². The summed E-state index contributed by atoms with van der Waals surface area (Å²) >= 11 is 5.69. The molecular weight excluding hydrogens is 283 g/mol. The van der Waals surface area contributed by atoms with Gasteiger partial charge in [-0.25, -0.2) is 14.2 Å². The molecule has 0 amide bonds. The summed E-state index contributed by atoms with van der Waals surface area (Å²) in [5.41, 5.74) is 6.05. The van der Waals surface area contributed by atoms with Crippen molar-refractivity contribution in [2.45, 2.75) is 13.3 Å². The number of carboxylic acids is 1. The van der Waals surface area contributed by atoms with Crippen LogP contribution in [0.15, 0.2) is 24.3 Å². The van der Waals surface area contributed by atoms with Crippen LogP contribution in [0.1, 0.15) is 23.0 Å². The van der Waals surface area contributed by atoms with Gasteiger partial charge in [-0.2, -0.15) is 0 Å². The average Bonchev–Trinajstić information content (AvgIpc) is 2.45. The average molecular weight is 295 g/mol. The van der Waals surface area contributed by atoms with Crippen molar-refractivity contribution in [2.24, 2.45) is 0 Å². The summed E-state index contributed by atoms with van der Waals surface area (Å²) < 4.78 is 14.1. The first kappa shape index (κ1) is 14.3. The van der Waals surface area contributed by atoms with Crippen molar-refractivity contribution in [3.8, 4) is 11.3 Å². The highest BCUT2D eigenvalue weighted by atomic mass is 35.5. The van der Waals surface area contributed by atoms with E-state index in [-0.39, 0.29) is 10.7 Å². The quantitative estimate of drug-likeness (QED) is 0.910. The molecule has 104 valence electrons. The lowest BCUT2D eigenvalue weighted by Gasteiger charge is -2.09. The number of halogens is 2. The molecular formula is C14H12ClFN2O2. The number of aryl methyl sites for hydroxylation is 1. The molecule has 6 heteroatoms. The van der Waals surface area contributed by atoms with E-state index >= 15 is 0 Å². The number of benzene rings is 1. The monoisotopic (exact) mass is 294 g/mol. The van der Waals surface area contributed by atoms with Crippen LogP contribution in [0.2, 0.25) is 5.02 Å². The maximum Gasteiger partial charge on any atom is 0.356 e. The van der Waals surface area contributed by atoms with Gasteiger partial charge in [-0.3, -0.25) is 0 Å². The van der Waals surface area contributed by atoms with Crippen molar-refractivity contribution < 1.29 is 14.3 Å². The van der Waals surface area contributed by atoms with Crippen LogP contribution >= 0.6 is 11.6 Å². The van der Waals surface area contributed by atoms with Crippen LogP contribution in [-0.4, -0.2) is 16.1 Å². The third-order valence-electron chi connectivity index (χ3n) is 2.95. The van der Waals surface area contributed by atoms with E-state index in [0.29, 0.717) is 5.56 Å². The molecule has 0 spiro atoms. The Morgan fingerprint density at radius 2 is 2.00 bits per heavy atom. The van der Waals surface area contributed by atoms with Crippen LogP contribution in [0.3, 0.4) is 0 Å². The van der Waals surface area contributed by atoms with E-state index in [2.05, 4.69) is 4.98 Å². The van der Waals surface area contributed by atoms with Crippen molar-refractivity contribution in [3.05, 3.63) is 46.4 Å². The SMILES string of the molecule is CCc1ccc(-c2nc(C(=O)O)c(Cl)c(N)c2F)cc1. The molecule has 0 fully saturated rings. The Morgan fingerprint density at radius 1 is 1.40 bits per heavy atom. The summed E-state index contributed by atoms with van der Waals surface area (Å²) in [7, 11) is 0. The Kier molecular flexibility index (Phi) is 3.90. The molecule has 0 bridgehead atoms. The highest BCUT2D eigenvalue weighted by molar-refractivity contribution is 6.35. The van der Waals surface area contributed by atoms with Gasteiger partial charge >= 0.3 is 5.97 Å². The predicted octanol–water partition coefficient (Wildman–Crippen LogP) is 3.38. The second-order valence-electron chi connectivity index (χ2n) is 4.21. The minimum absolute atomic E-state index is 0.119. The third kappa shape index (κ3) is 2.44. The van der Waals surface area contributed by atoms with Crippen LogP contribution in [0, 0.1) is 5.82 Å². The molecule has 0 saturated carbocycles. The number of nitrogens with zero attached hydrogens (tertiary/aromatic N) is 1. The number of anilines is 1. The number of carboxylic acid groups (broad SMARTS) is 1. The number of aromatic nitrogens is 1. The van der Waals surface area contributed by atoms with Crippen molar-refractivity contribution in [1.29, 1.82) is 0 Å². The first-order valence-electron chi connectivity index (χ1n) is 5.92. The summed E-state index contributed by atoms with van der Waals surface area (Å²) in [4.78, 5) is 14.8. The van der Waals surface area contributed by atoms with Crippen molar-refractivity contribution in [1.82, 2.24) is 4.98 Å². The fourth-order valence-corrected chi connectivity index (χ4v) is 2.00. The molecule has 0 unspecified atom stereocenters. The van der Waals surface area contributed by atoms with Crippen molar-refractivity contribution >= 4 is 23.3 Å².